The van der Waals surface area contributed by atoms with Gasteiger partial charge in [0.15, 0.2) is 6.29 Å². The van der Waals surface area contributed by atoms with E-state index >= 15 is 0 Å². The van der Waals surface area contributed by atoms with Crippen molar-refractivity contribution in [3.05, 3.63) is 166 Å². The molecular formula is C44H43N3O5. The number of ether oxygens (including phenoxy) is 2. The lowest BCUT2D eigenvalue weighted by Crippen LogP contribution is -2.49. The standard InChI is InChI=1S/C44H43N3O5/c48-30-32-14-16-34(17-15-32)41-26-37(29-46-24-22-45(23-25-46)27-31-8-2-1-3-9-31)51-44(52-41)35-20-18-33(19-21-35)38-11-5-4-10-36(38)28-47-42(49)39-12-6-7-13-40(39)43(47)50/h1-21,37,41,44,48H,22-30H2. The summed E-state index contributed by atoms with van der Waals surface area (Å²) in [6.07, 6.45) is 0.00356. The van der Waals surface area contributed by atoms with Gasteiger partial charge in [0.2, 0.25) is 0 Å². The molecule has 5 aromatic carbocycles. The number of imide groups is 1. The van der Waals surface area contributed by atoms with E-state index in [0.29, 0.717) is 11.1 Å². The van der Waals surface area contributed by atoms with Crippen LogP contribution in [0.25, 0.3) is 11.1 Å². The Kier molecular flexibility index (Phi) is 10.1. The van der Waals surface area contributed by atoms with Gasteiger partial charge in [0.05, 0.1) is 36.5 Å². The van der Waals surface area contributed by atoms with E-state index < -0.39 is 6.29 Å². The van der Waals surface area contributed by atoms with Gasteiger partial charge in [-0.2, -0.15) is 0 Å². The number of hydrogen-bond acceptors (Lipinski definition) is 7. The minimum absolute atomic E-state index is 0.00416. The Morgan fingerprint density at radius 3 is 1.85 bits per heavy atom. The highest BCUT2D eigenvalue weighted by atomic mass is 16.7. The SMILES string of the molecule is O=C1c2ccccc2C(=O)N1Cc1ccccc1-c1ccc(C2OC(CN3CCN(Cc4ccccc4)CC3)CC(c3ccc(CO)cc3)O2)cc1. The Morgan fingerprint density at radius 1 is 0.577 bits per heavy atom. The van der Waals surface area contributed by atoms with Crippen molar-refractivity contribution in [2.24, 2.45) is 0 Å². The van der Waals surface area contributed by atoms with E-state index in [1.165, 1.54) is 10.5 Å². The Labute approximate surface area is 304 Å². The minimum Gasteiger partial charge on any atom is -0.392 e. The normalized spacial score (nSPS) is 21.0. The van der Waals surface area contributed by atoms with E-state index in [-0.39, 0.29) is 37.2 Å². The average molecular weight is 694 g/mol. The number of nitrogens with zero attached hydrogens (tertiary/aromatic N) is 3. The molecule has 0 spiro atoms. The van der Waals surface area contributed by atoms with Crippen LogP contribution in [0.3, 0.4) is 0 Å². The zero-order valence-electron chi connectivity index (χ0n) is 29.1. The van der Waals surface area contributed by atoms with Crippen LogP contribution in [-0.2, 0) is 29.2 Å². The third kappa shape index (κ3) is 7.35. The number of carbonyl (C=O) groups excluding carboxylic acids is 2. The first-order chi connectivity index (χ1) is 25.5. The van der Waals surface area contributed by atoms with Gasteiger partial charge in [-0.1, -0.05) is 115 Å². The second-order valence-electron chi connectivity index (χ2n) is 13.9. The number of fused-ring (bicyclic) bond motifs is 1. The van der Waals surface area contributed by atoms with Gasteiger partial charge in [0, 0.05) is 51.3 Å². The molecule has 3 unspecified atom stereocenters. The minimum atomic E-state index is -0.553. The number of aliphatic hydroxyl groups is 1. The molecule has 264 valence electrons. The Bertz CT molecular complexity index is 1970. The highest BCUT2D eigenvalue weighted by Gasteiger charge is 2.36. The molecule has 2 amide bonds. The van der Waals surface area contributed by atoms with E-state index in [4.69, 9.17) is 9.47 Å². The van der Waals surface area contributed by atoms with Crippen molar-refractivity contribution in [2.75, 3.05) is 32.7 Å². The van der Waals surface area contributed by atoms with Crippen LogP contribution >= 0.6 is 0 Å². The van der Waals surface area contributed by atoms with Gasteiger partial charge in [-0.15, -0.1) is 0 Å². The number of rotatable bonds is 10. The molecule has 2 fully saturated rings. The van der Waals surface area contributed by atoms with Gasteiger partial charge in [0.1, 0.15) is 0 Å². The first-order valence-corrected chi connectivity index (χ1v) is 18.1. The largest absolute Gasteiger partial charge is 0.392 e. The van der Waals surface area contributed by atoms with Crippen LogP contribution in [0.2, 0.25) is 0 Å². The Hall–Kier alpha value is -4.96. The van der Waals surface area contributed by atoms with E-state index in [0.717, 1.165) is 79.1 Å². The Morgan fingerprint density at radius 2 is 1.17 bits per heavy atom. The van der Waals surface area contributed by atoms with Gasteiger partial charge in [-0.25, -0.2) is 0 Å². The van der Waals surface area contributed by atoms with E-state index in [9.17, 15) is 14.7 Å². The van der Waals surface area contributed by atoms with Crippen molar-refractivity contribution in [2.45, 2.75) is 44.6 Å². The van der Waals surface area contributed by atoms with Crippen LogP contribution < -0.4 is 0 Å². The number of hydrogen-bond donors (Lipinski definition) is 1. The molecule has 2 saturated heterocycles. The summed E-state index contributed by atoms with van der Waals surface area (Å²) in [5.41, 5.74) is 7.95. The smallest absolute Gasteiger partial charge is 0.261 e. The summed E-state index contributed by atoms with van der Waals surface area (Å²) in [6, 6.07) is 41.8. The summed E-state index contributed by atoms with van der Waals surface area (Å²) in [5, 5.41) is 9.62. The molecule has 8 heteroatoms. The Balaban J connectivity index is 0.976. The van der Waals surface area contributed by atoms with E-state index in [1.807, 2.05) is 48.5 Å². The second-order valence-corrected chi connectivity index (χ2v) is 13.9. The lowest BCUT2D eigenvalue weighted by atomic mass is 9.97. The number of amides is 2. The zero-order chi connectivity index (χ0) is 35.4. The molecule has 3 heterocycles. The monoisotopic (exact) mass is 693 g/mol. The molecule has 8 nitrogen and oxygen atoms in total. The lowest BCUT2D eigenvalue weighted by Gasteiger charge is -2.40. The predicted molar refractivity (Wildman–Crippen MR) is 199 cm³/mol. The van der Waals surface area contributed by atoms with Crippen molar-refractivity contribution in [3.8, 4) is 11.1 Å². The fraction of sp³-hybridized carbons (Fsp3) is 0.273. The predicted octanol–water partition coefficient (Wildman–Crippen LogP) is 7.01. The quantitative estimate of drug-likeness (QED) is 0.158. The maximum Gasteiger partial charge on any atom is 0.261 e. The van der Waals surface area contributed by atoms with E-state index in [1.54, 1.807) is 24.3 Å². The topological polar surface area (TPSA) is 82.6 Å². The average Bonchev–Trinajstić information content (AvgIpc) is 3.44. The van der Waals surface area contributed by atoms with Gasteiger partial charge >= 0.3 is 0 Å². The second kappa shape index (κ2) is 15.3. The third-order valence-corrected chi connectivity index (χ3v) is 10.5. The molecule has 1 N–H and O–H groups in total. The fourth-order valence-corrected chi connectivity index (χ4v) is 7.61. The number of carbonyl (C=O) groups is 2. The van der Waals surface area contributed by atoms with Crippen molar-refractivity contribution < 1.29 is 24.2 Å². The van der Waals surface area contributed by atoms with Crippen LogP contribution in [0.4, 0.5) is 0 Å². The zero-order valence-corrected chi connectivity index (χ0v) is 29.1. The maximum atomic E-state index is 13.1. The van der Waals surface area contributed by atoms with Gasteiger partial charge < -0.3 is 14.6 Å². The molecule has 3 aliphatic rings. The summed E-state index contributed by atoms with van der Waals surface area (Å²) in [7, 11) is 0. The van der Waals surface area contributed by atoms with Crippen molar-refractivity contribution in [1.29, 1.82) is 0 Å². The number of piperazine rings is 1. The molecule has 0 radical (unpaired) electrons. The third-order valence-electron chi connectivity index (χ3n) is 10.5. The molecule has 8 rings (SSSR count). The van der Waals surface area contributed by atoms with Gasteiger partial charge in [-0.3, -0.25) is 24.3 Å². The van der Waals surface area contributed by atoms with Crippen molar-refractivity contribution >= 4 is 11.8 Å². The van der Waals surface area contributed by atoms with Crippen molar-refractivity contribution in [1.82, 2.24) is 14.7 Å². The number of benzene rings is 5. The summed E-state index contributed by atoms with van der Waals surface area (Å²) < 4.78 is 13.4. The fourth-order valence-electron chi connectivity index (χ4n) is 7.61. The molecule has 3 atom stereocenters. The molecule has 52 heavy (non-hydrogen) atoms. The molecule has 0 aromatic heterocycles. The molecule has 5 aromatic rings. The highest BCUT2D eigenvalue weighted by molar-refractivity contribution is 6.21. The first-order valence-electron chi connectivity index (χ1n) is 18.1. The molecular weight excluding hydrogens is 651 g/mol. The van der Waals surface area contributed by atoms with Crippen LogP contribution in [-0.4, -0.2) is 70.4 Å². The maximum absolute atomic E-state index is 13.1. The summed E-state index contributed by atoms with van der Waals surface area (Å²) in [4.78, 5) is 32.6. The lowest BCUT2D eigenvalue weighted by molar-refractivity contribution is -0.253. The van der Waals surface area contributed by atoms with Gasteiger partial charge in [-0.05, 0) is 45.5 Å². The molecule has 0 bridgehead atoms. The first kappa shape index (κ1) is 34.1. The van der Waals surface area contributed by atoms with Crippen LogP contribution in [0.15, 0.2) is 127 Å². The summed E-state index contributed by atoms with van der Waals surface area (Å²) in [5.74, 6) is -0.525. The van der Waals surface area contributed by atoms with Gasteiger partial charge in [0.25, 0.3) is 11.8 Å². The van der Waals surface area contributed by atoms with Crippen LogP contribution in [0.1, 0.15) is 67.3 Å². The number of aliphatic hydroxyl groups excluding tert-OH is 1. The van der Waals surface area contributed by atoms with Crippen LogP contribution in [0, 0.1) is 0 Å². The highest BCUT2D eigenvalue weighted by Crippen LogP contribution is 2.39. The molecule has 0 aliphatic carbocycles. The summed E-state index contributed by atoms with van der Waals surface area (Å²) >= 11 is 0. The molecule has 3 aliphatic heterocycles. The summed E-state index contributed by atoms with van der Waals surface area (Å²) in [6.45, 7) is 6.01. The van der Waals surface area contributed by atoms with Crippen molar-refractivity contribution in [3.63, 3.8) is 0 Å². The van der Waals surface area contributed by atoms with Crippen LogP contribution in [0.5, 0.6) is 0 Å². The van der Waals surface area contributed by atoms with E-state index in [2.05, 4.69) is 64.4 Å². The molecule has 0 saturated carbocycles.